The number of nitrogens with one attached hydrogen (secondary N) is 2. The topological polar surface area (TPSA) is 41.1 Å². The van der Waals surface area contributed by atoms with Gasteiger partial charge >= 0.3 is 6.18 Å². The predicted molar refractivity (Wildman–Crippen MR) is 93.8 cm³/mol. The second kappa shape index (κ2) is 7.59. The lowest BCUT2D eigenvalue weighted by Gasteiger charge is -2.14. The summed E-state index contributed by atoms with van der Waals surface area (Å²) in [5.41, 5.74) is -1.13. The molecule has 0 aromatic heterocycles. The molecular weight excluding hydrogens is 400 g/mol. The highest BCUT2D eigenvalue weighted by atomic mass is 35.5. The van der Waals surface area contributed by atoms with Crippen LogP contribution in [-0.4, -0.2) is 11.0 Å². The van der Waals surface area contributed by atoms with Crippen LogP contribution in [0.1, 0.15) is 15.9 Å². The smallest absolute Gasteiger partial charge is 0.331 e. The second-order valence-electron chi connectivity index (χ2n) is 4.73. The molecule has 132 valence electrons. The highest BCUT2D eigenvalue weighted by molar-refractivity contribution is 7.81. The summed E-state index contributed by atoms with van der Waals surface area (Å²) in [6.07, 6.45) is -4.51. The zero-order valence-electron chi connectivity index (χ0n) is 12.1. The van der Waals surface area contributed by atoms with Gasteiger partial charge in [0.25, 0.3) is 5.91 Å². The van der Waals surface area contributed by atoms with Crippen LogP contribution in [0.25, 0.3) is 0 Å². The first-order valence-corrected chi connectivity index (χ1v) is 7.79. The van der Waals surface area contributed by atoms with E-state index in [0.29, 0.717) is 0 Å². The van der Waals surface area contributed by atoms with E-state index in [1.165, 1.54) is 12.1 Å². The molecule has 0 fully saturated rings. The lowest BCUT2D eigenvalue weighted by atomic mass is 10.2. The second-order valence-corrected chi connectivity index (χ2v) is 6.03. The molecule has 2 aromatic carbocycles. The molecule has 10 heteroatoms. The number of carbonyl (C=O) groups is 1. The summed E-state index contributed by atoms with van der Waals surface area (Å²) in [6.45, 7) is 0. The van der Waals surface area contributed by atoms with Gasteiger partial charge in [0.05, 0.1) is 21.8 Å². The van der Waals surface area contributed by atoms with Gasteiger partial charge in [0.15, 0.2) is 5.11 Å². The summed E-state index contributed by atoms with van der Waals surface area (Å²) in [7, 11) is 0. The van der Waals surface area contributed by atoms with Crippen LogP contribution in [0.5, 0.6) is 0 Å². The molecule has 0 saturated heterocycles. The van der Waals surface area contributed by atoms with Gasteiger partial charge < -0.3 is 5.32 Å². The van der Waals surface area contributed by atoms with Gasteiger partial charge in [-0.25, -0.2) is 4.39 Å². The molecule has 0 aliphatic carbocycles. The summed E-state index contributed by atoms with van der Waals surface area (Å²) in [5, 5.41) is 4.36. The molecule has 0 aliphatic heterocycles. The van der Waals surface area contributed by atoms with Crippen molar-refractivity contribution in [1.29, 1.82) is 0 Å². The summed E-state index contributed by atoms with van der Waals surface area (Å²) >= 11 is 14.6. The van der Waals surface area contributed by atoms with Gasteiger partial charge in [0, 0.05) is 4.90 Å². The average Bonchev–Trinajstić information content (AvgIpc) is 2.48. The zero-order valence-corrected chi connectivity index (χ0v) is 14.6. The maximum absolute atomic E-state index is 13.7. The maximum Gasteiger partial charge on any atom is 0.416 e. The van der Waals surface area contributed by atoms with Crippen LogP contribution < -0.4 is 10.6 Å². The molecule has 0 spiro atoms. The van der Waals surface area contributed by atoms with Crippen molar-refractivity contribution in [1.82, 2.24) is 5.32 Å². The van der Waals surface area contributed by atoms with Gasteiger partial charge in [-0.15, -0.1) is 12.6 Å². The Hall–Kier alpha value is -1.84. The molecule has 0 unspecified atom stereocenters. The van der Waals surface area contributed by atoms with Crippen LogP contribution in [-0.2, 0) is 6.18 Å². The molecule has 0 bridgehead atoms. The van der Waals surface area contributed by atoms with Crippen molar-refractivity contribution in [2.75, 3.05) is 5.32 Å². The molecule has 25 heavy (non-hydrogen) atoms. The van der Waals surface area contributed by atoms with E-state index in [0.717, 1.165) is 24.3 Å². The van der Waals surface area contributed by atoms with Crippen molar-refractivity contribution in [3.05, 3.63) is 58.4 Å². The fourth-order valence-electron chi connectivity index (χ4n) is 1.85. The Morgan fingerprint density at radius 2 is 1.88 bits per heavy atom. The lowest BCUT2D eigenvalue weighted by molar-refractivity contribution is -0.137. The van der Waals surface area contributed by atoms with E-state index in [2.05, 4.69) is 23.3 Å². The highest BCUT2D eigenvalue weighted by Crippen LogP contribution is 2.33. The van der Waals surface area contributed by atoms with Gasteiger partial charge in [-0.3, -0.25) is 10.1 Å². The first kappa shape index (κ1) is 19.5. The standard InChI is InChI=1S/C15H9ClF4N2OS2/c16-8-2-1-3-9(17)12(8)13(23)22-14(25)21-10-5-4-7(6-11(10)24)15(18,19)20/h1-6,24H,(H2,21,22,23,25). The van der Waals surface area contributed by atoms with Crippen molar-refractivity contribution >= 4 is 53.2 Å². The molecule has 3 nitrogen and oxygen atoms in total. The van der Waals surface area contributed by atoms with Gasteiger partial charge in [0.1, 0.15) is 5.82 Å². The SMILES string of the molecule is O=C(NC(=S)Nc1ccc(C(F)(F)F)cc1S)c1c(F)cccc1Cl. The Morgan fingerprint density at radius 3 is 2.44 bits per heavy atom. The van der Waals surface area contributed by atoms with Crippen LogP contribution in [0.4, 0.5) is 23.2 Å². The van der Waals surface area contributed by atoms with Crippen LogP contribution in [0, 0.1) is 5.82 Å². The summed E-state index contributed by atoms with van der Waals surface area (Å²) in [4.78, 5) is 12.0. The molecule has 2 aromatic rings. The van der Waals surface area contributed by atoms with Gasteiger partial charge in [-0.1, -0.05) is 17.7 Å². The monoisotopic (exact) mass is 408 g/mol. The molecule has 1 amide bonds. The normalized spacial score (nSPS) is 11.1. The van der Waals surface area contributed by atoms with E-state index in [-0.39, 0.29) is 20.7 Å². The molecule has 0 aliphatic rings. The average molecular weight is 409 g/mol. The minimum atomic E-state index is -4.51. The van der Waals surface area contributed by atoms with Crippen LogP contribution in [0.2, 0.25) is 5.02 Å². The van der Waals surface area contributed by atoms with E-state index in [4.69, 9.17) is 23.8 Å². The van der Waals surface area contributed by atoms with Crippen molar-refractivity contribution < 1.29 is 22.4 Å². The third kappa shape index (κ3) is 4.83. The van der Waals surface area contributed by atoms with Gasteiger partial charge in [-0.05, 0) is 42.5 Å². The lowest BCUT2D eigenvalue weighted by Crippen LogP contribution is -2.34. The van der Waals surface area contributed by atoms with Gasteiger partial charge in [0.2, 0.25) is 0 Å². The largest absolute Gasteiger partial charge is 0.416 e. The van der Waals surface area contributed by atoms with E-state index < -0.39 is 29.0 Å². The van der Waals surface area contributed by atoms with E-state index in [9.17, 15) is 22.4 Å². The molecule has 0 heterocycles. The molecule has 0 saturated carbocycles. The molecule has 2 N–H and O–H groups in total. The fraction of sp³-hybridized carbons (Fsp3) is 0.0667. The van der Waals surface area contributed by atoms with Gasteiger partial charge in [-0.2, -0.15) is 13.2 Å². The Morgan fingerprint density at radius 1 is 1.20 bits per heavy atom. The number of carbonyl (C=O) groups excluding carboxylic acids is 1. The third-order valence-corrected chi connectivity index (χ3v) is 3.88. The number of benzene rings is 2. The minimum Gasteiger partial charge on any atom is -0.331 e. The number of thiocarbonyl (C=S) groups is 1. The van der Waals surface area contributed by atoms with Crippen LogP contribution in [0.3, 0.4) is 0 Å². The zero-order chi connectivity index (χ0) is 18.8. The number of thiol groups is 1. The van der Waals surface area contributed by atoms with E-state index in [1.807, 2.05) is 0 Å². The third-order valence-electron chi connectivity index (χ3n) is 2.99. The number of halogens is 5. The Bertz CT molecular complexity index is 823. The number of rotatable bonds is 2. The molecule has 2 rings (SSSR count). The summed E-state index contributed by atoms with van der Waals surface area (Å²) in [5.74, 6) is -1.73. The number of alkyl halides is 3. The van der Waals surface area contributed by atoms with Crippen molar-refractivity contribution in [3.63, 3.8) is 0 Å². The fourth-order valence-corrected chi connectivity index (χ4v) is 2.57. The molecule has 0 radical (unpaired) electrons. The first-order chi connectivity index (χ1) is 11.6. The predicted octanol–water partition coefficient (Wildman–Crippen LogP) is 4.91. The van der Waals surface area contributed by atoms with Crippen molar-refractivity contribution in [3.8, 4) is 0 Å². The number of anilines is 1. The minimum absolute atomic E-state index is 0.0321. The highest BCUT2D eigenvalue weighted by Gasteiger charge is 2.30. The van der Waals surface area contributed by atoms with Crippen molar-refractivity contribution in [2.24, 2.45) is 0 Å². The Kier molecular flexibility index (Phi) is 5.91. The van der Waals surface area contributed by atoms with Crippen molar-refractivity contribution in [2.45, 2.75) is 11.1 Å². The van der Waals surface area contributed by atoms with Crippen LogP contribution >= 0.6 is 36.4 Å². The number of hydrogen-bond acceptors (Lipinski definition) is 3. The van der Waals surface area contributed by atoms with Crippen LogP contribution in [0.15, 0.2) is 41.3 Å². The quantitative estimate of drug-likeness (QED) is 0.375. The van der Waals surface area contributed by atoms with E-state index >= 15 is 0 Å². The maximum atomic E-state index is 13.7. The summed E-state index contributed by atoms with van der Waals surface area (Å²) in [6, 6.07) is 6.47. The molecule has 0 atom stereocenters. The first-order valence-electron chi connectivity index (χ1n) is 6.56. The Labute approximate surface area is 155 Å². The number of hydrogen-bond donors (Lipinski definition) is 3. The number of amides is 1. The molecular formula is C15H9ClF4N2OS2. The summed E-state index contributed by atoms with van der Waals surface area (Å²) < 4.78 is 51.5. The van der Waals surface area contributed by atoms with E-state index in [1.54, 1.807) is 0 Å². The Balaban J connectivity index is 2.12.